The second-order valence-corrected chi connectivity index (χ2v) is 4.45. The zero-order valence-electron chi connectivity index (χ0n) is 9.86. The van der Waals surface area contributed by atoms with Crippen LogP contribution in [-0.2, 0) is 4.79 Å². The quantitative estimate of drug-likeness (QED) is 0.682. The lowest BCUT2D eigenvalue weighted by atomic mass is 9.94. The first kappa shape index (κ1) is 12.7. The Hall–Kier alpha value is -1.36. The van der Waals surface area contributed by atoms with E-state index < -0.39 is 0 Å². The molecule has 5 heteroatoms. The Morgan fingerprint density at radius 1 is 1.62 bits per heavy atom. The third kappa shape index (κ3) is 4.44. The van der Waals surface area contributed by atoms with Gasteiger partial charge >= 0.3 is 0 Å². The highest BCUT2D eigenvalue weighted by molar-refractivity contribution is 5.89. The average Bonchev–Trinajstić information content (AvgIpc) is 2.68. The van der Waals surface area contributed by atoms with Crippen LogP contribution in [-0.4, -0.2) is 22.6 Å². The van der Waals surface area contributed by atoms with E-state index in [2.05, 4.69) is 29.4 Å². The summed E-state index contributed by atoms with van der Waals surface area (Å²) >= 11 is 0. The van der Waals surface area contributed by atoms with Crippen molar-refractivity contribution in [3.8, 4) is 0 Å². The molecule has 1 aromatic heterocycles. The van der Waals surface area contributed by atoms with Crippen LogP contribution >= 0.6 is 0 Å². The van der Waals surface area contributed by atoms with Gasteiger partial charge < -0.3 is 11.1 Å². The van der Waals surface area contributed by atoms with Gasteiger partial charge in [-0.3, -0.25) is 9.89 Å². The number of nitrogens with zero attached hydrogens (tertiary/aromatic N) is 1. The molecule has 4 N–H and O–H groups in total. The minimum Gasteiger partial charge on any atom is -0.330 e. The number of aromatic nitrogens is 2. The van der Waals surface area contributed by atoms with Crippen LogP contribution in [0.3, 0.4) is 0 Å². The van der Waals surface area contributed by atoms with Crippen molar-refractivity contribution in [3.63, 3.8) is 0 Å². The highest BCUT2D eigenvalue weighted by atomic mass is 16.1. The van der Waals surface area contributed by atoms with Gasteiger partial charge in [0.2, 0.25) is 5.91 Å². The van der Waals surface area contributed by atoms with Crippen LogP contribution in [0.2, 0.25) is 0 Å². The first-order valence-electron chi connectivity index (χ1n) is 5.61. The molecule has 0 spiro atoms. The number of carbonyl (C=O) groups excluding carboxylic acids is 1. The SMILES string of the molecule is CC(C)C[C@H](CN)CC(=O)Nc1ccn[nH]1. The molecular weight excluding hydrogens is 204 g/mol. The summed E-state index contributed by atoms with van der Waals surface area (Å²) in [4.78, 5) is 11.6. The Kier molecular flexibility index (Phi) is 4.98. The van der Waals surface area contributed by atoms with Gasteiger partial charge in [-0.05, 0) is 24.8 Å². The fourth-order valence-electron chi connectivity index (χ4n) is 1.72. The van der Waals surface area contributed by atoms with E-state index in [1.807, 2.05) is 0 Å². The van der Waals surface area contributed by atoms with Gasteiger partial charge in [0.05, 0.1) is 6.20 Å². The molecule has 0 saturated heterocycles. The van der Waals surface area contributed by atoms with Gasteiger partial charge in [0.1, 0.15) is 5.82 Å². The summed E-state index contributed by atoms with van der Waals surface area (Å²) in [6, 6.07) is 1.72. The van der Waals surface area contributed by atoms with Gasteiger partial charge in [-0.2, -0.15) is 5.10 Å². The minimum atomic E-state index is -0.0136. The molecule has 0 fully saturated rings. The number of nitrogens with two attached hydrogens (primary N) is 1. The molecule has 0 bridgehead atoms. The van der Waals surface area contributed by atoms with E-state index in [0.717, 1.165) is 6.42 Å². The van der Waals surface area contributed by atoms with E-state index in [-0.39, 0.29) is 11.8 Å². The normalized spacial score (nSPS) is 12.8. The Labute approximate surface area is 95.8 Å². The van der Waals surface area contributed by atoms with Crippen molar-refractivity contribution in [2.24, 2.45) is 17.6 Å². The summed E-state index contributed by atoms with van der Waals surface area (Å²) in [5.41, 5.74) is 5.64. The minimum absolute atomic E-state index is 0.0136. The molecule has 0 aliphatic rings. The smallest absolute Gasteiger partial charge is 0.225 e. The van der Waals surface area contributed by atoms with Gasteiger partial charge in [-0.15, -0.1) is 0 Å². The van der Waals surface area contributed by atoms with Crippen molar-refractivity contribution in [2.75, 3.05) is 11.9 Å². The molecule has 0 aliphatic carbocycles. The van der Waals surface area contributed by atoms with Crippen LogP contribution < -0.4 is 11.1 Å². The van der Waals surface area contributed by atoms with Crippen molar-refractivity contribution in [1.82, 2.24) is 10.2 Å². The molecule has 1 aromatic rings. The molecule has 16 heavy (non-hydrogen) atoms. The standard InChI is InChI=1S/C11H20N4O/c1-8(2)5-9(7-12)6-11(16)14-10-3-4-13-15-10/h3-4,8-9H,5-7,12H2,1-2H3,(H2,13,14,15,16)/t9-/m0/s1. The highest BCUT2D eigenvalue weighted by Crippen LogP contribution is 2.15. The molecule has 0 aliphatic heterocycles. The first-order valence-corrected chi connectivity index (χ1v) is 5.61. The van der Waals surface area contributed by atoms with Crippen LogP contribution in [0.1, 0.15) is 26.7 Å². The third-order valence-corrected chi connectivity index (χ3v) is 2.39. The lowest BCUT2D eigenvalue weighted by molar-refractivity contribution is -0.117. The van der Waals surface area contributed by atoms with E-state index in [9.17, 15) is 4.79 Å². The number of nitrogens with one attached hydrogen (secondary N) is 2. The van der Waals surface area contributed by atoms with E-state index in [4.69, 9.17) is 5.73 Å². The highest BCUT2D eigenvalue weighted by Gasteiger charge is 2.14. The van der Waals surface area contributed by atoms with Crippen LogP contribution in [0.25, 0.3) is 0 Å². The second-order valence-electron chi connectivity index (χ2n) is 4.45. The van der Waals surface area contributed by atoms with Gasteiger partial charge in [-0.25, -0.2) is 0 Å². The van der Waals surface area contributed by atoms with Gasteiger partial charge in [-0.1, -0.05) is 13.8 Å². The van der Waals surface area contributed by atoms with Gasteiger partial charge in [0.25, 0.3) is 0 Å². The molecule has 1 atom stereocenters. The molecule has 0 radical (unpaired) electrons. The lowest BCUT2D eigenvalue weighted by Crippen LogP contribution is -2.23. The summed E-state index contributed by atoms with van der Waals surface area (Å²) in [7, 11) is 0. The maximum Gasteiger partial charge on any atom is 0.225 e. The van der Waals surface area contributed by atoms with E-state index in [0.29, 0.717) is 24.7 Å². The van der Waals surface area contributed by atoms with Crippen LogP contribution in [0.4, 0.5) is 5.82 Å². The number of aromatic amines is 1. The Morgan fingerprint density at radius 2 is 2.38 bits per heavy atom. The average molecular weight is 224 g/mol. The fraction of sp³-hybridized carbons (Fsp3) is 0.636. The third-order valence-electron chi connectivity index (χ3n) is 2.39. The van der Waals surface area contributed by atoms with Crippen LogP contribution in [0.5, 0.6) is 0 Å². The molecular formula is C11H20N4O. The maximum atomic E-state index is 11.6. The topological polar surface area (TPSA) is 83.8 Å². The number of H-pyrrole nitrogens is 1. The van der Waals surface area contributed by atoms with Crippen molar-refractivity contribution in [3.05, 3.63) is 12.3 Å². The summed E-state index contributed by atoms with van der Waals surface area (Å²) < 4.78 is 0. The number of hydrogen-bond acceptors (Lipinski definition) is 3. The Bertz CT molecular complexity index is 308. The van der Waals surface area contributed by atoms with Crippen LogP contribution in [0.15, 0.2) is 12.3 Å². The summed E-state index contributed by atoms with van der Waals surface area (Å²) in [6.45, 7) is 4.82. The van der Waals surface area contributed by atoms with E-state index in [1.54, 1.807) is 12.3 Å². The van der Waals surface area contributed by atoms with Crippen molar-refractivity contribution in [1.29, 1.82) is 0 Å². The molecule has 1 rings (SSSR count). The molecule has 1 amide bonds. The summed E-state index contributed by atoms with van der Waals surface area (Å²) in [6.07, 6.45) is 3.05. The second kappa shape index (κ2) is 6.27. The number of anilines is 1. The predicted octanol–water partition coefficient (Wildman–Crippen LogP) is 1.36. The van der Waals surface area contributed by atoms with E-state index >= 15 is 0 Å². The predicted molar refractivity (Wildman–Crippen MR) is 63.8 cm³/mol. The van der Waals surface area contributed by atoms with Crippen molar-refractivity contribution >= 4 is 11.7 Å². The van der Waals surface area contributed by atoms with E-state index in [1.165, 1.54) is 0 Å². The molecule has 0 aromatic carbocycles. The lowest BCUT2D eigenvalue weighted by Gasteiger charge is -2.16. The largest absolute Gasteiger partial charge is 0.330 e. The molecule has 90 valence electrons. The van der Waals surface area contributed by atoms with Gasteiger partial charge in [0, 0.05) is 12.5 Å². The Morgan fingerprint density at radius 3 is 2.88 bits per heavy atom. The molecule has 5 nitrogen and oxygen atoms in total. The summed E-state index contributed by atoms with van der Waals surface area (Å²) in [5, 5.41) is 9.19. The fourth-order valence-corrected chi connectivity index (χ4v) is 1.72. The number of carbonyl (C=O) groups is 1. The zero-order valence-corrected chi connectivity index (χ0v) is 9.86. The van der Waals surface area contributed by atoms with Crippen molar-refractivity contribution < 1.29 is 4.79 Å². The molecule has 0 saturated carbocycles. The van der Waals surface area contributed by atoms with Gasteiger partial charge in [0.15, 0.2) is 0 Å². The zero-order chi connectivity index (χ0) is 12.0. The van der Waals surface area contributed by atoms with Crippen LogP contribution in [0, 0.1) is 11.8 Å². The van der Waals surface area contributed by atoms with Crippen molar-refractivity contribution in [2.45, 2.75) is 26.7 Å². The molecule has 1 heterocycles. The first-order chi connectivity index (χ1) is 7.61. The number of amides is 1. The number of rotatable bonds is 6. The number of hydrogen-bond donors (Lipinski definition) is 3. The Balaban J connectivity index is 2.37. The maximum absolute atomic E-state index is 11.6. The monoisotopic (exact) mass is 224 g/mol. The molecule has 0 unspecified atom stereocenters. The summed E-state index contributed by atoms with van der Waals surface area (Å²) in [5.74, 6) is 1.43.